The minimum atomic E-state index is 0.127. The minimum absolute atomic E-state index is 0.127. The van der Waals surface area contributed by atoms with Crippen molar-refractivity contribution in [2.75, 3.05) is 54.5 Å². The van der Waals surface area contributed by atoms with Crippen LogP contribution in [-0.4, -0.2) is 71.5 Å². The molecule has 0 amide bonds. The zero-order valence-corrected chi connectivity index (χ0v) is 17.9. The molecule has 0 bridgehead atoms. The molecule has 31 heavy (non-hydrogen) atoms. The maximum Gasteiger partial charge on any atom is 0.229 e. The first-order valence-electron chi connectivity index (χ1n) is 10.7. The predicted octanol–water partition coefficient (Wildman–Crippen LogP) is 2.61. The van der Waals surface area contributed by atoms with E-state index in [2.05, 4.69) is 33.9 Å². The van der Waals surface area contributed by atoms with Crippen molar-refractivity contribution in [3.05, 3.63) is 36.7 Å². The molecule has 2 fully saturated rings. The molecular weight excluding hydrogens is 394 g/mol. The first-order chi connectivity index (χ1) is 15.2. The summed E-state index contributed by atoms with van der Waals surface area (Å²) in [5.41, 5.74) is 1.61. The third-order valence-corrected chi connectivity index (χ3v) is 5.49. The standard InChI is InChI=1S/C22H27N7O2/c1-15-13-29(14-16(2)31-15)22-26-20-18(21(27-22)28-9-11-30-12-10-28)3-4-19(25-20)24-17-5-7-23-8-6-17/h3-8,15-16H,9-14H2,1-2H3,(H,23,24,25,26,27). The zero-order chi connectivity index (χ0) is 21.2. The van der Waals surface area contributed by atoms with Crippen LogP contribution < -0.4 is 15.1 Å². The number of rotatable bonds is 4. The lowest BCUT2D eigenvalue weighted by Gasteiger charge is -2.36. The van der Waals surface area contributed by atoms with Crippen molar-refractivity contribution in [1.82, 2.24) is 19.9 Å². The van der Waals surface area contributed by atoms with Crippen molar-refractivity contribution in [2.24, 2.45) is 0 Å². The summed E-state index contributed by atoms with van der Waals surface area (Å²) in [7, 11) is 0. The van der Waals surface area contributed by atoms with Gasteiger partial charge in [-0.1, -0.05) is 0 Å². The fourth-order valence-corrected chi connectivity index (χ4v) is 4.13. The quantitative estimate of drug-likeness (QED) is 0.683. The third kappa shape index (κ3) is 4.38. The molecule has 3 aromatic heterocycles. The Morgan fingerprint density at radius 1 is 0.903 bits per heavy atom. The van der Waals surface area contributed by atoms with Gasteiger partial charge in [0.2, 0.25) is 5.95 Å². The first kappa shape index (κ1) is 19.9. The molecule has 2 aliphatic heterocycles. The molecule has 162 valence electrons. The molecule has 1 N–H and O–H groups in total. The molecule has 0 saturated carbocycles. The summed E-state index contributed by atoms with van der Waals surface area (Å²) in [5, 5.41) is 4.27. The van der Waals surface area contributed by atoms with Gasteiger partial charge in [-0.05, 0) is 38.1 Å². The number of ether oxygens (including phenoxy) is 2. The summed E-state index contributed by atoms with van der Waals surface area (Å²) in [6, 6.07) is 7.83. The van der Waals surface area contributed by atoms with E-state index in [0.29, 0.717) is 24.8 Å². The smallest absolute Gasteiger partial charge is 0.229 e. The second kappa shape index (κ2) is 8.60. The molecule has 2 atom stereocenters. The lowest BCUT2D eigenvalue weighted by molar-refractivity contribution is -0.00570. The predicted molar refractivity (Wildman–Crippen MR) is 120 cm³/mol. The van der Waals surface area contributed by atoms with Gasteiger partial charge in [0.25, 0.3) is 0 Å². The summed E-state index contributed by atoms with van der Waals surface area (Å²) in [4.78, 5) is 23.2. The summed E-state index contributed by atoms with van der Waals surface area (Å²) >= 11 is 0. The highest BCUT2D eigenvalue weighted by Crippen LogP contribution is 2.29. The van der Waals surface area contributed by atoms with Crippen molar-refractivity contribution in [2.45, 2.75) is 26.1 Å². The fourth-order valence-electron chi connectivity index (χ4n) is 4.13. The third-order valence-electron chi connectivity index (χ3n) is 5.49. The highest BCUT2D eigenvalue weighted by molar-refractivity contribution is 5.89. The molecule has 0 aliphatic carbocycles. The average molecular weight is 422 g/mol. The van der Waals surface area contributed by atoms with E-state index in [1.165, 1.54) is 0 Å². The van der Waals surface area contributed by atoms with Gasteiger partial charge >= 0.3 is 0 Å². The topological polar surface area (TPSA) is 88.5 Å². The molecule has 2 unspecified atom stereocenters. The van der Waals surface area contributed by atoms with Gasteiger partial charge in [-0.25, -0.2) is 4.98 Å². The number of aromatic nitrogens is 4. The molecule has 0 spiro atoms. The number of fused-ring (bicyclic) bond motifs is 1. The highest BCUT2D eigenvalue weighted by atomic mass is 16.5. The van der Waals surface area contributed by atoms with Crippen LogP contribution in [0.1, 0.15) is 13.8 Å². The van der Waals surface area contributed by atoms with Crippen molar-refractivity contribution < 1.29 is 9.47 Å². The van der Waals surface area contributed by atoms with Gasteiger partial charge in [0.15, 0.2) is 5.65 Å². The van der Waals surface area contributed by atoms with E-state index < -0.39 is 0 Å². The van der Waals surface area contributed by atoms with Crippen LogP contribution in [0.25, 0.3) is 11.0 Å². The molecule has 2 aliphatic rings. The van der Waals surface area contributed by atoms with Gasteiger partial charge < -0.3 is 24.6 Å². The van der Waals surface area contributed by atoms with Crippen LogP contribution in [-0.2, 0) is 9.47 Å². The van der Waals surface area contributed by atoms with E-state index >= 15 is 0 Å². The Kier molecular flexibility index (Phi) is 5.52. The number of hydrogen-bond acceptors (Lipinski definition) is 9. The first-order valence-corrected chi connectivity index (χ1v) is 10.7. The zero-order valence-electron chi connectivity index (χ0n) is 17.9. The van der Waals surface area contributed by atoms with E-state index in [1.807, 2.05) is 24.3 Å². The van der Waals surface area contributed by atoms with Gasteiger partial charge in [-0.15, -0.1) is 0 Å². The lowest BCUT2D eigenvalue weighted by atomic mass is 10.2. The number of anilines is 4. The van der Waals surface area contributed by atoms with Crippen LogP contribution in [0.2, 0.25) is 0 Å². The number of pyridine rings is 2. The Balaban J connectivity index is 1.55. The summed E-state index contributed by atoms with van der Waals surface area (Å²) < 4.78 is 11.5. The summed E-state index contributed by atoms with van der Waals surface area (Å²) in [5.74, 6) is 2.35. The molecule has 2 saturated heterocycles. The van der Waals surface area contributed by atoms with Gasteiger partial charge in [0.05, 0.1) is 30.8 Å². The van der Waals surface area contributed by atoms with E-state index in [-0.39, 0.29) is 12.2 Å². The number of morpholine rings is 2. The van der Waals surface area contributed by atoms with Gasteiger partial charge in [0.1, 0.15) is 11.6 Å². The molecule has 3 aromatic rings. The second-order valence-corrected chi connectivity index (χ2v) is 8.04. The maximum atomic E-state index is 5.90. The molecular formula is C22H27N7O2. The van der Waals surface area contributed by atoms with E-state index in [9.17, 15) is 0 Å². The van der Waals surface area contributed by atoms with Crippen LogP contribution in [0.15, 0.2) is 36.7 Å². The van der Waals surface area contributed by atoms with Crippen LogP contribution >= 0.6 is 0 Å². The molecule has 5 heterocycles. The Labute approximate surface area is 181 Å². The Morgan fingerprint density at radius 2 is 1.65 bits per heavy atom. The van der Waals surface area contributed by atoms with Gasteiger partial charge in [-0.3, -0.25) is 4.98 Å². The molecule has 0 aromatic carbocycles. The van der Waals surface area contributed by atoms with Crippen molar-refractivity contribution in [1.29, 1.82) is 0 Å². The lowest BCUT2D eigenvalue weighted by Crippen LogP contribution is -2.46. The molecule has 9 heteroatoms. The molecule has 5 rings (SSSR count). The van der Waals surface area contributed by atoms with E-state index in [4.69, 9.17) is 24.4 Å². The van der Waals surface area contributed by atoms with E-state index in [1.54, 1.807) is 12.4 Å². The minimum Gasteiger partial charge on any atom is -0.378 e. The fraction of sp³-hybridized carbons (Fsp3) is 0.455. The van der Waals surface area contributed by atoms with Crippen LogP contribution in [0.5, 0.6) is 0 Å². The highest BCUT2D eigenvalue weighted by Gasteiger charge is 2.26. The van der Waals surface area contributed by atoms with Crippen molar-refractivity contribution in [3.8, 4) is 0 Å². The Bertz CT molecular complexity index is 1030. The average Bonchev–Trinajstić information content (AvgIpc) is 2.79. The van der Waals surface area contributed by atoms with Crippen LogP contribution in [0, 0.1) is 0 Å². The van der Waals surface area contributed by atoms with Crippen molar-refractivity contribution in [3.63, 3.8) is 0 Å². The van der Waals surface area contributed by atoms with E-state index in [0.717, 1.165) is 48.9 Å². The van der Waals surface area contributed by atoms with Gasteiger partial charge in [0, 0.05) is 44.3 Å². The molecule has 9 nitrogen and oxygen atoms in total. The summed E-state index contributed by atoms with van der Waals surface area (Å²) in [6.45, 7) is 8.68. The number of hydrogen-bond donors (Lipinski definition) is 1. The SMILES string of the molecule is CC1CN(c2nc(N3CCOCC3)c3ccc(Nc4ccncc4)nc3n2)CC(C)O1. The Hall–Kier alpha value is -3.04. The normalized spacial score (nSPS) is 22.0. The monoisotopic (exact) mass is 421 g/mol. The Morgan fingerprint density at radius 3 is 2.39 bits per heavy atom. The van der Waals surface area contributed by atoms with Crippen LogP contribution in [0.3, 0.4) is 0 Å². The maximum absolute atomic E-state index is 5.90. The van der Waals surface area contributed by atoms with Crippen LogP contribution in [0.4, 0.5) is 23.3 Å². The number of nitrogens with one attached hydrogen (secondary N) is 1. The largest absolute Gasteiger partial charge is 0.378 e. The summed E-state index contributed by atoms with van der Waals surface area (Å²) in [6.07, 6.45) is 3.76. The van der Waals surface area contributed by atoms with Gasteiger partial charge in [-0.2, -0.15) is 9.97 Å². The number of nitrogens with zero attached hydrogens (tertiary/aromatic N) is 6. The molecule has 0 radical (unpaired) electrons. The van der Waals surface area contributed by atoms with Crippen molar-refractivity contribution >= 4 is 34.3 Å². The second-order valence-electron chi connectivity index (χ2n) is 8.04.